The highest BCUT2D eigenvalue weighted by Crippen LogP contribution is 2.37. The molecule has 1 atom stereocenters. The van der Waals surface area contributed by atoms with Gasteiger partial charge in [-0.2, -0.15) is 0 Å². The van der Waals surface area contributed by atoms with Crippen molar-refractivity contribution in [3.05, 3.63) is 75.7 Å². The Morgan fingerprint density at radius 1 is 1.13 bits per heavy atom. The number of fused-ring (bicyclic) bond motifs is 2. The lowest BCUT2D eigenvalue weighted by atomic mass is 9.99. The van der Waals surface area contributed by atoms with E-state index in [0.717, 1.165) is 31.3 Å². The second kappa shape index (κ2) is 7.62. The van der Waals surface area contributed by atoms with Gasteiger partial charge >= 0.3 is 0 Å². The number of aromatic nitrogens is 1. The molecular weight excluding hydrogens is 389 g/mol. The number of rotatable bonds is 4. The van der Waals surface area contributed by atoms with E-state index in [-0.39, 0.29) is 33.6 Å². The molecule has 1 aromatic carbocycles. The summed E-state index contributed by atoms with van der Waals surface area (Å²) in [6, 6.07) is 6.77. The van der Waals surface area contributed by atoms with Crippen LogP contribution in [0, 0.1) is 5.82 Å². The molecule has 5 rings (SSSR count). The molecule has 154 valence electrons. The number of carbonyl (C=O) groups excluding carboxylic acids is 1. The van der Waals surface area contributed by atoms with Crippen molar-refractivity contribution in [2.45, 2.75) is 6.04 Å². The maximum Gasteiger partial charge on any atom is 0.291 e. The Bertz CT molecular complexity index is 1160. The quantitative estimate of drug-likeness (QED) is 0.688. The van der Waals surface area contributed by atoms with Gasteiger partial charge in [0.25, 0.3) is 5.91 Å². The molecule has 3 aromatic rings. The molecule has 0 saturated carbocycles. The zero-order chi connectivity index (χ0) is 20.7. The Kier molecular flexibility index (Phi) is 4.80. The lowest BCUT2D eigenvalue weighted by molar-refractivity contribution is -0.907. The van der Waals surface area contributed by atoms with Gasteiger partial charge in [0.05, 0.1) is 43.3 Å². The van der Waals surface area contributed by atoms with Gasteiger partial charge in [-0.3, -0.25) is 14.6 Å². The summed E-state index contributed by atoms with van der Waals surface area (Å²) < 4.78 is 25.0. The highest BCUT2D eigenvalue weighted by atomic mass is 19.1. The van der Waals surface area contributed by atoms with Crippen LogP contribution < -0.4 is 10.3 Å². The molecule has 4 heterocycles. The zero-order valence-corrected chi connectivity index (χ0v) is 16.3. The summed E-state index contributed by atoms with van der Waals surface area (Å²) in [4.78, 5) is 33.7. The van der Waals surface area contributed by atoms with Crippen LogP contribution in [0.15, 0.2) is 51.9 Å². The van der Waals surface area contributed by atoms with Crippen LogP contribution in [0.25, 0.3) is 11.0 Å². The van der Waals surface area contributed by atoms with E-state index in [4.69, 9.17) is 9.15 Å². The standard InChI is InChI=1S/C22H20FN3O4/c23-15-1-2-17-16(13-15)20(27)18-19(14-3-5-24-6-4-14)26(22(28)21(18)30-17)8-7-25-9-11-29-12-10-25/h1-6,13,19H,7-12H2/p+1/t19-/m1/s1. The minimum absolute atomic E-state index is 0.0397. The fourth-order valence-electron chi connectivity index (χ4n) is 4.30. The van der Waals surface area contributed by atoms with E-state index in [1.165, 1.54) is 17.0 Å². The lowest BCUT2D eigenvalue weighted by Gasteiger charge is -2.29. The van der Waals surface area contributed by atoms with Gasteiger partial charge in [0, 0.05) is 12.4 Å². The average molecular weight is 410 g/mol. The maximum atomic E-state index is 13.8. The molecule has 0 bridgehead atoms. The summed E-state index contributed by atoms with van der Waals surface area (Å²) in [5.41, 5.74) is 0.878. The molecule has 2 aromatic heterocycles. The fourth-order valence-corrected chi connectivity index (χ4v) is 4.30. The smallest absolute Gasteiger partial charge is 0.291 e. The van der Waals surface area contributed by atoms with E-state index in [9.17, 15) is 14.0 Å². The first-order valence-electron chi connectivity index (χ1n) is 10.0. The van der Waals surface area contributed by atoms with Gasteiger partial charge in [0.1, 0.15) is 24.5 Å². The molecular formula is C22H21FN3O4+. The van der Waals surface area contributed by atoms with E-state index >= 15 is 0 Å². The summed E-state index contributed by atoms with van der Waals surface area (Å²) in [5.74, 6) is -0.798. The number of ether oxygens (including phenoxy) is 1. The number of pyridine rings is 1. The van der Waals surface area contributed by atoms with Gasteiger partial charge in [0.2, 0.25) is 5.76 Å². The lowest BCUT2D eigenvalue weighted by Crippen LogP contribution is -3.14. The van der Waals surface area contributed by atoms with Crippen molar-refractivity contribution in [2.24, 2.45) is 0 Å². The summed E-state index contributed by atoms with van der Waals surface area (Å²) >= 11 is 0. The number of carbonyl (C=O) groups is 1. The summed E-state index contributed by atoms with van der Waals surface area (Å²) in [5, 5.41) is 0.140. The van der Waals surface area contributed by atoms with Gasteiger partial charge in [-0.15, -0.1) is 0 Å². The first-order chi connectivity index (χ1) is 14.6. The largest absolute Gasteiger partial charge is 0.450 e. The Labute approximate surface area is 171 Å². The molecule has 1 saturated heterocycles. The third-order valence-corrected chi connectivity index (χ3v) is 5.86. The van der Waals surface area contributed by atoms with Crippen molar-refractivity contribution in [1.82, 2.24) is 9.88 Å². The van der Waals surface area contributed by atoms with Crippen LogP contribution in [0.3, 0.4) is 0 Å². The first-order valence-corrected chi connectivity index (χ1v) is 10.0. The molecule has 30 heavy (non-hydrogen) atoms. The summed E-state index contributed by atoms with van der Waals surface area (Å²) in [7, 11) is 0. The van der Waals surface area contributed by atoms with E-state index in [1.54, 1.807) is 29.4 Å². The predicted octanol–water partition coefficient (Wildman–Crippen LogP) is 0.787. The van der Waals surface area contributed by atoms with Gasteiger partial charge in [-0.1, -0.05) is 0 Å². The Morgan fingerprint density at radius 2 is 1.90 bits per heavy atom. The summed E-state index contributed by atoms with van der Waals surface area (Å²) in [6.07, 6.45) is 3.26. The molecule has 1 fully saturated rings. The second-order valence-electron chi connectivity index (χ2n) is 7.61. The average Bonchev–Trinajstić information content (AvgIpc) is 3.06. The molecule has 2 aliphatic rings. The number of morpholine rings is 1. The SMILES string of the molecule is O=C1c2oc3ccc(F)cc3c(=O)c2[C@@H](c2ccncc2)N1CC[NH+]1CCOCC1. The Balaban J connectivity index is 1.60. The molecule has 0 radical (unpaired) electrons. The number of benzene rings is 1. The van der Waals surface area contributed by atoms with Crippen molar-refractivity contribution in [3.63, 3.8) is 0 Å². The molecule has 1 N–H and O–H groups in total. The molecule has 7 nitrogen and oxygen atoms in total. The molecule has 0 spiro atoms. The van der Waals surface area contributed by atoms with E-state index in [0.29, 0.717) is 19.8 Å². The van der Waals surface area contributed by atoms with Crippen LogP contribution in [-0.2, 0) is 4.74 Å². The maximum absolute atomic E-state index is 13.8. The van der Waals surface area contributed by atoms with Crippen LogP contribution in [0.4, 0.5) is 4.39 Å². The van der Waals surface area contributed by atoms with Crippen molar-refractivity contribution >= 4 is 16.9 Å². The molecule has 0 aliphatic carbocycles. The minimum Gasteiger partial charge on any atom is -0.450 e. The predicted molar refractivity (Wildman–Crippen MR) is 106 cm³/mol. The van der Waals surface area contributed by atoms with E-state index < -0.39 is 11.9 Å². The highest BCUT2D eigenvalue weighted by molar-refractivity contribution is 5.99. The van der Waals surface area contributed by atoms with Crippen LogP contribution in [0.5, 0.6) is 0 Å². The van der Waals surface area contributed by atoms with Crippen molar-refractivity contribution < 1.29 is 23.2 Å². The summed E-state index contributed by atoms with van der Waals surface area (Å²) in [6.45, 7) is 4.38. The zero-order valence-electron chi connectivity index (χ0n) is 16.3. The second-order valence-corrected chi connectivity index (χ2v) is 7.61. The van der Waals surface area contributed by atoms with Gasteiger partial charge in [-0.05, 0) is 35.9 Å². The van der Waals surface area contributed by atoms with Crippen LogP contribution in [0.2, 0.25) is 0 Å². The Morgan fingerprint density at radius 3 is 2.67 bits per heavy atom. The van der Waals surface area contributed by atoms with E-state index in [1.807, 2.05) is 0 Å². The third kappa shape index (κ3) is 3.18. The van der Waals surface area contributed by atoms with E-state index in [2.05, 4.69) is 4.98 Å². The van der Waals surface area contributed by atoms with Crippen molar-refractivity contribution in [3.8, 4) is 0 Å². The van der Waals surface area contributed by atoms with Gasteiger partial charge in [-0.25, -0.2) is 4.39 Å². The topological polar surface area (TPSA) is 77.1 Å². The number of nitrogens with one attached hydrogen (secondary N) is 1. The molecule has 1 amide bonds. The number of amides is 1. The first kappa shape index (κ1) is 18.9. The number of nitrogens with zero attached hydrogens (tertiary/aromatic N) is 2. The molecule has 2 aliphatic heterocycles. The minimum atomic E-state index is -0.583. The molecule has 0 unspecified atom stereocenters. The number of quaternary nitrogens is 1. The van der Waals surface area contributed by atoms with Crippen LogP contribution in [-0.4, -0.2) is 55.2 Å². The normalized spacial score (nSPS) is 19.4. The number of hydrogen-bond donors (Lipinski definition) is 1. The molecule has 8 heteroatoms. The highest BCUT2D eigenvalue weighted by Gasteiger charge is 2.43. The van der Waals surface area contributed by atoms with Crippen LogP contribution in [0.1, 0.15) is 27.7 Å². The van der Waals surface area contributed by atoms with Gasteiger partial charge < -0.3 is 19.0 Å². The van der Waals surface area contributed by atoms with Crippen molar-refractivity contribution in [2.75, 3.05) is 39.4 Å². The number of halogens is 1. The van der Waals surface area contributed by atoms with Crippen molar-refractivity contribution in [1.29, 1.82) is 0 Å². The monoisotopic (exact) mass is 410 g/mol. The number of hydrogen-bond acceptors (Lipinski definition) is 5. The van der Waals surface area contributed by atoms with Crippen LogP contribution >= 0.6 is 0 Å². The third-order valence-electron chi connectivity index (χ3n) is 5.86. The fraction of sp³-hybridized carbons (Fsp3) is 0.318. The Hall–Kier alpha value is -3.10. The van der Waals surface area contributed by atoms with Gasteiger partial charge in [0.15, 0.2) is 5.43 Å².